The van der Waals surface area contributed by atoms with Crippen molar-refractivity contribution in [2.75, 3.05) is 47.2 Å². The van der Waals surface area contributed by atoms with E-state index in [1.807, 2.05) is 12.4 Å². The van der Waals surface area contributed by atoms with E-state index < -0.39 is 0 Å². The van der Waals surface area contributed by atoms with Crippen LogP contribution >= 0.6 is 0 Å². The molecule has 0 saturated carbocycles. The van der Waals surface area contributed by atoms with Gasteiger partial charge in [-0.1, -0.05) is 30.8 Å². The molecule has 0 aliphatic carbocycles. The quantitative estimate of drug-likeness (QED) is 0.473. The van der Waals surface area contributed by atoms with Crippen molar-refractivity contribution in [2.45, 2.75) is 25.3 Å². The number of nitrogens with one attached hydrogen (secondary N) is 1. The van der Waals surface area contributed by atoms with Crippen molar-refractivity contribution in [1.29, 1.82) is 0 Å². The summed E-state index contributed by atoms with van der Waals surface area (Å²) >= 11 is 0. The number of pyridine rings is 1. The molecule has 3 aliphatic heterocycles. The summed E-state index contributed by atoms with van der Waals surface area (Å²) in [6, 6.07) is 21.8. The van der Waals surface area contributed by atoms with Crippen molar-refractivity contribution >= 4 is 34.7 Å². The molecule has 0 radical (unpaired) electrons. The maximum atomic E-state index is 5.23. The Bertz CT molecular complexity index is 1370. The molecule has 6 rings (SSSR count). The van der Waals surface area contributed by atoms with Gasteiger partial charge in [0, 0.05) is 63.0 Å². The fraction of sp³-hybridized carbons (Fsp3) is 0.267. The van der Waals surface area contributed by atoms with Gasteiger partial charge in [0.25, 0.3) is 0 Å². The lowest BCUT2D eigenvalue weighted by molar-refractivity contribution is 0.472. The number of anilines is 4. The van der Waals surface area contributed by atoms with Crippen LogP contribution < -0.4 is 20.0 Å². The fourth-order valence-electron chi connectivity index (χ4n) is 5.44. The Morgan fingerprint density at radius 3 is 2.75 bits per heavy atom. The highest BCUT2D eigenvalue weighted by atomic mass is 15.4. The zero-order valence-electron chi connectivity index (χ0n) is 21.0. The average molecular weight is 477 g/mol. The Labute approximate surface area is 213 Å². The first-order chi connectivity index (χ1) is 17.6. The van der Waals surface area contributed by atoms with Crippen molar-refractivity contribution in [3.05, 3.63) is 84.8 Å². The van der Waals surface area contributed by atoms with Gasteiger partial charge in [0.1, 0.15) is 5.82 Å². The Kier molecular flexibility index (Phi) is 5.72. The van der Waals surface area contributed by atoms with Gasteiger partial charge < -0.3 is 20.0 Å². The first kappa shape index (κ1) is 22.4. The highest BCUT2D eigenvalue weighted by molar-refractivity contribution is 5.85. The minimum Gasteiger partial charge on any atom is -0.378 e. The molecule has 3 aliphatic rings. The van der Waals surface area contributed by atoms with Gasteiger partial charge in [0.05, 0.1) is 17.4 Å². The summed E-state index contributed by atoms with van der Waals surface area (Å²) in [6.45, 7) is 6.57. The number of piperidine rings is 1. The van der Waals surface area contributed by atoms with Gasteiger partial charge in [-0.25, -0.2) is 4.98 Å². The number of rotatable bonds is 6. The smallest absolute Gasteiger partial charge is 0.158 e. The van der Waals surface area contributed by atoms with Crippen LogP contribution in [0.3, 0.4) is 0 Å². The lowest BCUT2D eigenvalue weighted by Crippen LogP contribution is -2.53. The van der Waals surface area contributed by atoms with Gasteiger partial charge in [-0.2, -0.15) is 0 Å². The second kappa shape index (κ2) is 9.19. The van der Waals surface area contributed by atoms with E-state index in [-0.39, 0.29) is 0 Å². The van der Waals surface area contributed by atoms with Gasteiger partial charge in [-0.3, -0.25) is 4.99 Å². The highest BCUT2D eigenvalue weighted by Gasteiger charge is 2.36. The predicted octanol–water partition coefficient (Wildman–Crippen LogP) is 6.00. The number of hydrogen-bond acceptors (Lipinski definition) is 6. The molecule has 4 heterocycles. The molecule has 6 heteroatoms. The van der Waals surface area contributed by atoms with Crippen LogP contribution in [0.1, 0.15) is 24.8 Å². The van der Waals surface area contributed by atoms with E-state index in [0.29, 0.717) is 6.04 Å². The van der Waals surface area contributed by atoms with Crippen molar-refractivity contribution in [1.82, 2.24) is 4.98 Å². The van der Waals surface area contributed by atoms with Crippen LogP contribution in [0.5, 0.6) is 0 Å². The number of benzene rings is 2. The summed E-state index contributed by atoms with van der Waals surface area (Å²) in [4.78, 5) is 16.4. The molecule has 1 fully saturated rings. The Morgan fingerprint density at radius 1 is 1.06 bits per heavy atom. The highest BCUT2D eigenvalue weighted by Crippen LogP contribution is 2.41. The maximum Gasteiger partial charge on any atom is 0.158 e. The summed E-state index contributed by atoms with van der Waals surface area (Å²) in [5.74, 6) is 1.85. The molecule has 6 nitrogen and oxygen atoms in total. The summed E-state index contributed by atoms with van der Waals surface area (Å²) in [6.07, 6.45) is 7.07. The molecule has 0 spiro atoms. The molecule has 1 aromatic heterocycles. The number of allylic oxidation sites excluding steroid dienone is 1. The molecule has 36 heavy (non-hydrogen) atoms. The van der Waals surface area contributed by atoms with Crippen LogP contribution in [0.25, 0.3) is 16.8 Å². The first-order valence-corrected chi connectivity index (χ1v) is 12.7. The third kappa shape index (κ3) is 4.13. The zero-order valence-corrected chi connectivity index (χ0v) is 21.0. The van der Waals surface area contributed by atoms with Crippen molar-refractivity contribution in [3.8, 4) is 11.3 Å². The molecule has 2 bridgehead atoms. The van der Waals surface area contributed by atoms with E-state index in [1.165, 1.54) is 28.9 Å². The molecule has 2 aromatic carbocycles. The lowest BCUT2D eigenvalue weighted by Gasteiger charge is -2.47. The molecule has 1 saturated heterocycles. The fourth-order valence-corrected chi connectivity index (χ4v) is 5.44. The normalized spacial score (nSPS) is 18.1. The maximum absolute atomic E-state index is 5.23. The number of hydrogen-bond donors (Lipinski definition) is 1. The van der Waals surface area contributed by atoms with Gasteiger partial charge in [0.15, 0.2) is 5.82 Å². The van der Waals surface area contributed by atoms with Crippen LogP contribution in [0, 0.1) is 0 Å². The Balaban J connectivity index is 1.34. The third-order valence-corrected chi connectivity index (χ3v) is 7.30. The second-order valence-corrected chi connectivity index (χ2v) is 9.94. The van der Waals surface area contributed by atoms with Crippen molar-refractivity contribution in [3.63, 3.8) is 0 Å². The van der Waals surface area contributed by atoms with E-state index >= 15 is 0 Å². The number of nitrogens with zero attached hydrogens (tertiary/aromatic N) is 5. The Morgan fingerprint density at radius 2 is 1.92 bits per heavy atom. The third-order valence-electron chi connectivity index (χ3n) is 7.30. The van der Waals surface area contributed by atoms with Gasteiger partial charge in [-0.15, -0.1) is 0 Å². The lowest BCUT2D eigenvalue weighted by atomic mass is 9.99. The van der Waals surface area contributed by atoms with E-state index in [1.54, 1.807) is 0 Å². The monoisotopic (exact) mass is 476 g/mol. The zero-order chi connectivity index (χ0) is 24.6. The first-order valence-electron chi connectivity index (χ1n) is 12.7. The minimum atomic E-state index is 0.344. The molecule has 0 unspecified atom stereocenters. The van der Waals surface area contributed by atoms with Gasteiger partial charge in [0.2, 0.25) is 0 Å². The largest absolute Gasteiger partial charge is 0.378 e. The van der Waals surface area contributed by atoms with E-state index in [9.17, 15) is 0 Å². The number of aliphatic imine (C=N–C) groups is 1. The van der Waals surface area contributed by atoms with E-state index in [2.05, 4.69) is 106 Å². The summed E-state index contributed by atoms with van der Waals surface area (Å²) in [5.41, 5.74) is 7.90. The van der Waals surface area contributed by atoms with Crippen LogP contribution in [-0.2, 0) is 0 Å². The molecular formula is C30H32N6. The SMILES string of the molecule is C=C(Nc1cccc(C2=CN=CC2)c1)N1c2nc(-c3cccc(N(C)C)c3)ccc2N2CCC[C@@H]1C2. The molecular weight excluding hydrogens is 444 g/mol. The summed E-state index contributed by atoms with van der Waals surface area (Å²) < 4.78 is 0. The topological polar surface area (TPSA) is 47.0 Å². The Hall–Kier alpha value is -4.06. The van der Waals surface area contributed by atoms with Crippen LogP contribution in [0.15, 0.2) is 84.3 Å². The predicted molar refractivity (Wildman–Crippen MR) is 152 cm³/mol. The summed E-state index contributed by atoms with van der Waals surface area (Å²) in [7, 11) is 4.13. The van der Waals surface area contributed by atoms with Crippen molar-refractivity contribution in [2.24, 2.45) is 4.99 Å². The average Bonchev–Trinajstić information content (AvgIpc) is 3.44. The van der Waals surface area contributed by atoms with Crippen LogP contribution in [0.2, 0.25) is 0 Å². The second-order valence-electron chi connectivity index (χ2n) is 9.94. The van der Waals surface area contributed by atoms with E-state index in [0.717, 1.165) is 54.5 Å². The van der Waals surface area contributed by atoms with Crippen LogP contribution in [-0.4, -0.2) is 44.4 Å². The molecule has 182 valence electrons. The molecule has 1 atom stereocenters. The van der Waals surface area contributed by atoms with E-state index in [4.69, 9.17) is 4.98 Å². The number of aromatic nitrogens is 1. The van der Waals surface area contributed by atoms with Crippen molar-refractivity contribution < 1.29 is 0 Å². The van der Waals surface area contributed by atoms with Gasteiger partial charge in [-0.05, 0) is 60.4 Å². The summed E-state index contributed by atoms with van der Waals surface area (Å²) in [5, 5.41) is 3.60. The van der Waals surface area contributed by atoms with Crippen LogP contribution in [0.4, 0.5) is 22.9 Å². The van der Waals surface area contributed by atoms with Gasteiger partial charge >= 0.3 is 0 Å². The number of fused-ring (bicyclic) bond motifs is 4. The minimum absolute atomic E-state index is 0.344. The molecule has 3 aromatic rings. The standard InChI is InChI=1S/C30H32N6/c1-21(32-25-9-4-7-22(17-25)24-14-15-31-19-24)36-27-11-6-16-35(20-27)29-13-12-28(33-30(29)36)23-8-5-10-26(18-23)34(2)3/h4-5,7-10,12-13,15,17-19,27,32H,1,6,11,14,16,20H2,2-3H3/t27-/m1/s1. The molecule has 0 amide bonds. The molecule has 1 N–H and O–H groups in total.